The molecule has 5 rings (SSSR count). The van der Waals surface area contributed by atoms with Crippen LogP contribution in [-0.2, 0) is 17.9 Å². The number of fused-ring (bicyclic) bond motifs is 3. The van der Waals surface area contributed by atoms with Gasteiger partial charge in [-0.3, -0.25) is 14.6 Å². The first-order valence-electron chi connectivity index (χ1n) is 11.2. The van der Waals surface area contributed by atoms with Crippen molar-refractivity contribution in [1.29, 1.82) is 0 Å². The summed E-state index contributed by atoms with van der Waals surface area (Å²) in [5, 5.41) is 3.28. The Bertz CT molecular complexity index is 1090. The van der Waals surface area contributed by atoms with E-state index in [0.717, 1.165) is 36.9 Å². The van der Waals surface area contributed by atoms with Crippen LogP contribution in [0, 0.1) is 0 Å². The van der Waals surface area contributed by atoms with Crippen molar-refractivity contribution in [3.05, 3.63) is 54.2 Å². The molecule has 1 saturated carbocycles. The van der Waals surface area contributed by atoms with E-state index in [9.17, 15) is 9.59 Å². The minimum atomic E-state index is -1.03. The molecule has 2 aliphatic rings. The molecule has 31 heavy (non-hydrogen) atoms. The Kier molecular flexibility index (Phi) is 5.04. The molecule has 3 aromatic heterocycles. The summed E-state index contributed by atoms with van der Waals surface area (Å²) in [5.41, 5.74) is 1.78. The maximum Gasteiger partial charge on any atom is 0.271 e. The van der Waals surface area contributed by atoms with Crippen molar-refractivity contribution in [2.24, 2.45) is 0 Å². The fraction of sp³-hybridized carbons (Fsp3) is 0.458. The van der Waals surface area contributed by atoms with E-state index >= 15 is 0 Å². The maximum absolute atomic E-state index is 13.7. The van der Waals surface area contributed by atoms with E-state index in [1.165, 1.54) is 12.8 Å². The van der Waals surface area contributed by atoms with Crippen molar-refractivity contribution in [3.63, 3.8) is 0 Å². The summed E-state index contributed by atoms with van der Waals surface area (Å²) < 4.78 is 7.45. The molecule has 1 N–H and O–H groups in total. The standard InChI is InChI=1S/C24H28N4O3/c1-24(23(30)26-17-8-4-2-3-5-9-17)16-27-19-11-13-31-21(19)14-20(27)22(29)28(24)15-18-10-6-7-12-25-18/h6-7,10-14,17H,2-5,8-9,15-16H2,1H3,(H,26,30). The SMILES string of the molecule is CC1(C(=O)NC2CCCCCC2)Cn2c(cc3occc32)C(=O)N1Cc1ccccn1. The van der Waals surface area contributed by atoms with Gasteiger partial charge in [-0.2, -0.15) is 0 Å². The highest BCUT2D eigenvalue weighted by atomic mass is 16.3. The van der Waals surface area contributed by atoms with Gasteiger partial charge in [-0.05, 0) is 31.9 Å². The molecule has 2 amide bonds. The van der Waals surface area contributed by atoms with E-state index in [4.69, 9.17) is 4.42 Å². The molecule has 1 unspecified atom stereocenters. The molecule has 0 saturated heterocycles. The molecular weight excluding hydrogens is 392 g/mol. The molecule has 0 aromatic carbocycles. The lowest BCUT2D eigenvalue weighted by Gasteiger charge is -2.44. The highest BCUT2D eigenvalue weighted by Gasteiger charge is 2.48. The van der Waals surface area contributed by atoms with Gasteiger partial charge in [-0.15, -0.1) is 0 Å². The second kappa shape index (κ2) is 7.87. The summed E-state index contributed by atoms with van der Waals surface area (Å²) in [7, 11) is 0. The Morgan fingerprint density at radius 2 is 2.03 bits per heavy atom. The van der Waals surface area contributed by atoms with Crippen LogP contribution in [0.1, 0.15) is 61.6 Å². The van der Waals surface area contributed by atoms with Gasteiger partial charge in [0.2, 0.25) is 5.91 Å². The van der Waals surface area contributed by atoms with Crippen LogP contribution in [-0.4, -0.2) is 37.8 Å². The van der Waals surface area contributed by atoms with E-state index < -0.39 is 5.54 Å². The lowest BCUT2D eigenvalue weighted by Crippen LogP contribution is -2.64. The Balaban J connectivity index is 1.51. The van der Waals surface area contributed by atoms with Gasteiger partial charge in [0.15, 0.2) is 5.58 Å². The second-order valence-electron chi connectivity index (χ2n) is 8.93. The largest absolute Gasteiger partial charge is 0.463 e. The topological polar surface area (TPSA) is 80.4 Å². The lowest BCUT2D eigenvalue weighted by atomic mass is 9.93. The third-order valence-corrected chi connectivity index (χ3v) is 6.77. The predicted octanol–water partition coefficient (Wildman–Crippen LogP) is 3.88. The van der Waals surface area contributed by atoms with E-state index in [1.54, 1.807) is 23.4 Å². The molecule has 7 heteroatoms. The quantitative estimate of drug-likeness (QED) is 0.650. The Labute approximate surface area is 181 Å². The van der Waals surface area contributed by atoms with E-state index in [2.05, 4.69) is 10.3 Å². The van der Waals surface area contributed by atoms with Gasteiger partial charge in [0.1, 0.15) is 11.2 Å². The van der Waals surface area contributed by atoms with Crippen molar-refractivity contribution >= 4 is 22.9 Å². The summed E-state index contributed by atoms with van der Waals surface area (Å²) in [4.78, 5) is 33.4. The average Bonchev–Trinajstić information content (AvgIpc) is 3.26. The summed E-state index contributed by atoms with van der Waals surface area (Å²) in [5.74, 6) is -0.276. The summed E-state index contributed by atoms with van der Waals surface area (Å²) >= 11 is 0. The zero-order valence-electron chi connectivity index (χ0n) is 17.8. The number of rotatable bonds is 4. The van der Waals surface area contributed by atoms with Crippen LogP contribution < -0.4 is 5.32 Å². The number of carbonyl (C=O) groups is 2. The van der Waals surface area contributed by atoms with Crippen molar-refractivity contribution in [3.8, 4) is 0 Å². The van der Waals surface area contributed by atoms with Gasteiger partial charge in [-0.1, -0.05) is 31.7 Å². The summed E-state index contributed by atoms with van der Waals surface area (Å²) in [6.07, 6.45) is 10.0. The van der Waals surface area contributed by atoms with Crippen LogP contribution in [0.15, 0.2) is 47.2 Å². The predicted molar refractivity (Wildman–Crippen MR) is 116 cm³/mol. The van der Waals surface area contributed by atoms with Crippen molar-refractivity contribution in [1.82, 2.24) is 19.8 Å². The lowest BCUT2D eigenvalue weighted by molar-refractivity contribution is -0.134. The highest BCUT2D eigenvalue weighted by Crippen LogP contribution is 2.34. The fourth-order valence-corrected chi connectivity index (χ4v) is 4.94. The minimum Gasteiger partial charge on any atom is -0.463 e. The van der Waals surface area contributed by atoms with Crippen LogP contribution in [0.5, 0.6) is 0 Å². The zero-order chi connectivity index (χ0) is 21.4. The number of pyridine rings is 1. The molecule has 1 atom stereocenters. The first kappa shape index (κ1) is 19.8. The molecule has 4 heterocycles. The van der Waals surface area contributed by atoms with E-state index in [0.29, 0.717) is 17.8 Å². The van der Waals surface area contributed by atoms with Gasteiger partial charge >= 0.3 is 0 Å². The molecular formula is C24H28N4O3. The molecule has 1 aliphatic heterocycles. The number of furan rings is 1. The maximum atomic E-state index is 13.7. The van der Waals surface area contributed by atoms with Crippen LogP contribution >= 0.6 is 0 Å². The second-order valence-corrected chi connectivity index (χ2v) is 8.93. The first-order chi connectivity index (χ1) is 15.1. The average molecular weight is 421 g/mol. The van der Waals surface area contributed by atoms with Gasteiger partial charge in [-0.25, -0.2) is 0 Å². The van der Waals surface area contributed by atoms with Crippen LogP contribution in [0.3, 0.4) is 0 Å². The monoisotopic (exact) mass is 420 g/mol. The smallest absolute Gasteiger partial charge is 0.271 e. The van der Waals surface area contributed by atoms with Gasteiger partial charge in [0, 0.05) is 24.4 Å². The van der Waals surface area contributed by atoms with Crippen molar-refractivity contribution in [2.45, 2.75) is 70.1 Å². The molecule has 162 valence electrons. The molecule has 7 nitrogen and oxygen atoms in total. The van der Waals surface area contributed by atoms with E-state index in [-0.39, 0.29) is 24.4 Å². The number of nitrogens with zero attached hydrogens (tertiary/aromatic N) is 3. The highest BCUT2D eigenvalue weighted by molar-refractivity contribution is 6.02. The third kappa shape index (κ3) is 3.52. The molecule has 0 spiro atoms. The van der Waals surface area contributed by atoms with Crippen LogP contribution in [0.25, 0.3) is 11.1 Å². The van der Waals surface area contributed by atoms with Crippen molar-refractivity contribution < 1.29 is 14.0 Å². The number of amides is 2. The van der Waals surface area contributed by atoms with Gasteiger partial charge in [0.05, 0.1) is 30.6 Å². The minimum absolute atomic E-state index is 0.0975. The summed E-state index contributed by atoms with van der Waals surface area (Å²) in [6.45, 7) is 2.53. The Morgan fingerprint density at radius 1 is 1.23 bits per heavy atom. The number of hydrogen-bond acceptors (Lipinski definition) is 4. The zero-order valence-corrected chi connectivity index (χ0v) is 17.8. The van der Waals surface area contributed by atoms with Crippen LogP contribution in [0.4, 0.5) is 0 Å². The molecule has 3 aromatic rings. The van der Waals surface area contributed by atoms with Gasteiger partial charge in [0.25, 0.3) is 5.91 Å². The number of nitrogens with one attached hydrogen (secondary N) is 1. The third-order valence-electron chi connectivity index (χ3n) is 6.77. The fourth-order valence-electron chi connectivity index (χ4n) is 4.94. The molecule has 1 aliphatic carbocycles. The number of aromatic nitrogens is 2. The molecule has 0 radical (unpaired) electrons. The Morgan fingerprint density at radius 3 is 2.77 bits per heavy atom. The molecule has 1 fully saturated rings. The number of hydrogen-bond donors (Lipinski definition) is 1. The van der Waals surface area contributed by atoms with Crippen molar-refractivity contribution in [2.75, 3.05) is 0 Å². The van der Waals surface area contributed by atoms with Crippen LogP contribution in [0.2, 0.25) is 0 Å². The Hall–Kier alpha value is -3.09. The summed E-state index contributed by atoms with van der Waals surface area (Å²) in [6, 6.07) is 9.42. The normalized spacial score (nSPS) is 22.4. The van der Waals surface area contributed by atoms with E-state index in [1.807, 2.05) is 35.8 Å². The number of carbonyl (C=O) groups excluding carboxylic acids is 2. The first-order valence-corrected chi connectivity index (χ1v) is 11.2. The molecule has 0 bridgehead atoms. The van der Waals surface area contributed by atoms with Gasteiger partial charge < -0.3 is 19.2 Å².